The minimum Gasteiger partial charge on any atom is -0.383 e. The molecule has 3 aromatic rings. The highest BCUT2D eigenvalue weighted by Gasteiger charge is 2.25. The van der Waals surface area contributed by atoms with E-state index in [1.807, 2.05) is 29.3 Å². The molecular formula is C20H21Cl2N5O. The molecule has 2 aromatic heterocycles. The summed E-state index contributed by atoms with van der Waals surface area (Å²) in [6, 6.07) is 7.53. The number of aromatic nitrogens is 3. The molecule has 3 heterocycles. The molecule has 146 valence electrons. The van der Waals surface area contributed by atoms with E-state index in [1.165, 1.54) is 6.33 Å². The number of fused-ring (bicyclic) bond motifs is 1. The number of anilines is 1. The summed E-state index contributed by atoms with van der Waals surface area (Å²) in [5, 5.41) is 2.03. The summed E-state index contributed by atoms with van der Waals surface area (Å²) in [5.74, 6) is 0.624. The molecule has 1 aliphatic rings. The van der Waals surface area contributed by atoms with Gasteiger partial charge in [0.15, 0.2) is 0 Å². The third-order valence-electron chi connectivity index (χ3n) is 5.23. The number of hydrogen-bond acceptors (Lipinski definition) is 4. The van der Waals surface area contributed by atoms with Crippen LogP contribution in [0.3, 0.4) is 0 Å². The standard InChI is InChI=1S/C20H21Cl2N5O/c21-14-8-13(9-15(22)10-14)3-4-18(28)26-6-1-2-16(11-26)27-7-5-17-19(23)24-12-25-20(17)27/h5,7-10,12,16H,1-4,6,11H2,(H2,23,24,25). The molecule has 0 spiro atoms. The van der Waals surface area contributed by atoms with Gasteiger partial charge in [-0.2, -0.15) is 0 Å². The highest BCUT2D eigenvalue weighted by Crippen LogP contribution is 2.28. The van der Waals surface area contributed by atoms with Crippen molar-refractivity contribution >= 4 is 46.0 Å². The fraction of sp³-hybridized carbons (Fsp3) is 0.350. The topological polar surface area (TPSA) is 77.0 Å². The van der Waals surface area contributed by atoms with Crippen LogP contribution in [-0.2, 0) is 11.2 Å². The lowest BCUT2D eigenvalue weighted by molar-refractivity contribution is -0.132. The molecule has 0 bridgehead atoms. The molecule has 6 nitrogen and oxygen atoms in total. The van der Waals surface area contributed by atoms with Crippen LogP contribution in [0.15, 0.2) is 36.8 Å². The van der Waals surface area contributed by atoms with Crippen LogP contribution in [0.2, 0.25) is 10.0 Å². The first kappa shape index (κ1) is 19.0. The van der Waals surface area contributed by atoms with Gasteiger partial charge in [0, 0.05) is 35.8 Å². The van der Waals surface area contributed by atoms with Crippen molar-refractivity contribution in [3.8, 4) is 0 Å². The van der Waals surface area contributed by atoms with Gasteiger partial charge < -0.3 is 15.2 Å². The summed E-state index contributed by atoms with van der Waals surface area (Å²) in [4.78, 5) is 23.1. The normalized spacial score (nSPS) is 17.2. The van der Waals surface area contributed by atoms with Crippen molar-refractivity contribution in [2.24, 2.45) is 0 Å². The highest BCUT2D eigenvalue weighted by atomic mass is 35.5. The van der Waals surface area contributed by atoms with E-state index in [9.17, 15) is 4.79 Å². The average Bonchev–Trinajstić information content (AvgIpc) is 3.11. The van der Waals surface area contributed by atoms with Crippen molar-refractivity contribution < 1.29 is 4.79 Å². The number of carbonyl (C=O) groups excluding carboxylic acids is 1. The molecule has 0 saturated carbocycles. The van der Waals surface area contributed by atoms with E-state index >= 15 is 0 Å². The molecule has 1 unspecified atom stereocenters. The van der Waals surface area contributed by atoms with Crippen LogP contribution < -0.4 is 5.73 Å². The average molecular weight is 418 g/mol. The number of piperidine rings is 1. The highest BCUT2D eigenvalue weighted by molar-refractivity contribution is 6.34. The van der Waals surface area contributed by atoms with E-state index in [2.05, 4.69) is 14.5 Å². The van der Waals surface area contributed by atoms with Gasteiger partial charge >= 0.3 is 0 Å². The predicted molar refractivity (Wildman–Crippen MR) is 112 cm³/mol. The van der Waals surface area contributed by atoms with Gasteiger partial charge in [-0.05, 0) is 49.1 Å². The molecule has 1 fully saturated rings. The number of aryl methyl sites for hydroxylation is 1. The first-order valence-electron chi connectivity index (χ1n) is 9.31. The summed E-state index contributed by atoms with van der Waals surface area (Å²) >= 11 is 12.1. The number of nitrogens with two attached hydrogens (primary N) is 1. The van der Waals surface area contributed by atoms with Crippen LogP contribution in [-0.4, -0.2) is 38.4 Å². The van der Waals surface area contributed by atoms with E-state index in [1.54, 1.807) is 6.07 Å². The lowest BCUT2D eigenvalue weighted by Crippen LogP contribution is -2.40. The van der Waals surface area contributed by atoms with Gasteiger partial charge in [-0.1, -0.05) is 23.2 Å². The Morgan fingerprint density at radius 1 is 1.21 bits per heavy atom. The largest absolute Gasteiger partial charge is 0.383 e. The molecule has 2 N–H and O–H groups in total. The van der Waals surface area contributed by atoms with Crippen LogP contribution in [0.4, 0.5) is 5.82 Å². The van der Waals surface area contributed by atoms with E-state index < -0.39 is 0 Å². The van der Waals surface area contributed by atoms with Crippen molar-refractivity contribution in [2.45, 2.75) is 31.7 Å². The van der Waals surface area contributed by atoms with E-state index in [-0.39, 0.29) is 11.9 Å². The lowest BCUT2D eigenvalue weighted by Gasteiger charge is -2.34. The summed E-state index contributed by atoms with van der Waals surface area (Å²) in [7, 11) is 0. The van der Waals surface area contributed by atoms with Crippen LogP contribution in [0.25, 0.3) is 11.0 Å². The zero-order chi connectivity index (χ0) is 19.7. The Morgan fingerprint density at radius 3 is 2.79 bits per heavy atom. The number of carbonyl (C=O) groups is 1. The lowest BCUT2D eigenvalue weighted by atomic mass is 10.0. The fourth-order valence-electron chi connectivity index (χ4n) is 3.86. The molecule has 0 aliphatic carbocycles. The second kappa shape index (κ2) is 7.97. The number of nitrogens with zero attached hydrogens (tertiary/aromatic N) is 4. The molecule has 1 saturated heterocycles. The first-order chi connectivity index (χ1) is 13.5. The summed E-state index contributed by atoms with van der Waals surface area (Å²) in [6.07, 6.45) is 6.49. The predicted octanol–water partition coefficient (Wildman–Crippen LogP) is 4.12. The molecule has 4 rings (SSSR count). The monoisotopic (exact) mass is 417 g/mol. The number of hydrogen-bond donors (Lipinski definition) is 1. The zero-order valence-electron chi connectivity index (χ0n) is 15.3. The van der Waals surface area contributed by atoms with E-state index in [4.69, 9.17) is 28.9 Å². The first-order valence-corrected chi connectivity index (χ1v) is 10.1. The Morgan fingerprint density at radius 2 is 2.00 bits per heavy atom. The fourth-order valence-corrected chi connectivity index (χ4v) is 4.43. The van der Waals surface area contributed by atoms with Gasteiger partial charge in [-0.3, -0.25) is 4.79 Å². The van der Waals surface area contributed by atoms with Gasteiger partial charge in [0.05, 0.1) is 11.4 Å². The number of amides is 1. The summed E-state index contributed by atoms with van der Waals surface area (Å²) < 4.78 is 2.11. The maximum atomic E-state index is 12.8. The molecule has 0 radical (unpaired) electrons. The van der Waals surface area contributed by atoms with E-state index in [0.29, 0.717) is 35.2 Å². The van der Waals surface area contributed by atoms with Crippen molar-refractivity contribution in [3.05, 3.63) is 52.4 Å². The van der Waals surface area contributed by atoms with Crippen LogP contribution >= 0.6 is 23.2 Å². The van der Waals surface area contributed by atoms with Crippen molar-refractivity contribution in [1.82, 2.24) is 19.4 Å². The van der Waals surface area contributed by atoms with Gasteiger partial charge in [0.1, 0.15) is 17.8 Å². The van der Waals surface area contributed by atoms with Crippen LogP contribution in [0.5, 0.6) is 0 Å². The maximum absolute atomic E-state index is 12.8. The third-order valence-corrected chi connectivity index (χ3v) is 5.67. The Kier molecular flexibility index (Phi) is 5.42. The Balaban J connectivity index is 1.44. The van der Waals surface area contributed by atoms with Crippen molar-refractivity contribution in [2.75, 3.05) is 18.8 Å². The summed E-state index contributed by atoms with van der Waals surface area (Å²) in [6.45, 7) is 1.45. The number of halogens is 2. The molecule has 1 amide bonds. The minimum atomic E-state index is 0.145. The SMILES string of the molecule is Nc1ncnc2c1ccn2C1CCCN(C(=O)CCc2cc(Cl)cc(Cl)c2)C1. The minimum absolute atomic E-state index is 0.145. The molecule has 1 aromatic carbocycles. The number of benzene rings is 1. The Bertz CT molecular complexity index is 999. The molecular weight excluding hydrogens is 397 g/mol. The second-order valence-corrected chi connectivity index (χ2v) is 8.01. The third kappa shape index (κ3) is 3.93. The van der Waals surface area contributed by atoms with Crippen LogP contribution in [0, 0.1) is 0 Å². The molecule has 28 heavy (non-hydrogen) atoms. The second-order valence-electron chi connectivity index (χ2n) is 7.13. The van der Waals surface area contributed by atoms with Crippen LogP contribution in [0.1, 0.15) is 30.9 Å². The van der Waals surface area contributed by atoms with Gasteiger partial charge in [-0.25, -0.2) is 9.97 Å². The van der Waals surface area contributed by atoms with E-state index in [0.717, 1.165) is 36.0 Å². The zero-order valence-corrected chi connectivity index (χ0v) is 16.8. The molecule has 8 heteroatoms. The quantitative estimate of drug-likeness (QED) is 0.692. The number of rotatable bonds is 4. The summed E-state index contributed by atoms with van der Waals surface area (Å²) in [5.41, 5.74) is 7.74. The van der Waals surface area contributed by atoms with Gasteiger partial charge in [0.25, 0.3) is 0 Å². The number of likely N-dealkylation sites (tertiary alicyclic amines) is 1. The molecule has 1 atom stereocenters. The maximum Gasteiger partial charge on any atom is 0.222 e. The van der Waals surface area contributed by atoms with Gasteiger partial charge in [-0.15, -0.1) is 0 Å². The van der Waals surface area contributed by atoms with Crippen molar-refractivity contribution in [3.63, 3.8) is 0 Å². The van der Waals surface area contributed by atoms with Crippen molar-refractivity contribution in [1.29, 1.82) is 0 Å². The Hall–Kier alpha value is -2.31. The smallest absolute Gasteiger partial charge is 0.222 e. The molecule has 1 aliphatic heterocycles. The van der Waals surface area contributed by atoms with Gasteiger partial charge in [0.2, 0.25) is 5.91 Å². The number of nitrogen functional groups attached to an aromatic ring is 1. The Labute approximate surface area is 173 Å².